The predicted molar refractivity (Wildman–Crippen MR) is 112 cm³/mol. The highest BCUT2D eigenvalue weighted by Crippen LogP contribution is 2.27. The minimum atomic E-state index is -0.386. The number of aromatic nitrogens is 2. The first kappa shape index (κ1) is 19.5. The second-order valence-electron chi connectivity index (χ2n) is 6.98. The van der Waals surface area contributed by atoms with E-state index >= 15 is 0 Å². The number of anilines is 1. The molecule has 3 aromatic rings. The number of amides is 1. The van der Waals surface area contributed by atoms with Crippen LogP contribution >= 0.6 is 11.6 Å². The Morgan fingerprint density at radius 2 is 1.72 bits per heavy atom. The molecule has 5 nitrogen and oxygen atoms in total. The first-order chi connectivity index (χ1) is 14.1. The molecule has 1 fully saturated rings. The van der Waals surface area contributed by atoms with Crippen LogP contribution in [-0.4, -0.2) is 40.4 Å². The zero-order valence-electron chi connectivity index (χ0n) is 15.7. The molecule has 2 heterocycles. The van der Waals surface area contributed by atoms with Crippen molar-refractivity contribution < 1.29 is 9.18 Å². The number of hydrogen-bond donors (Lipinski definition) is 1. The van der Waals surface area contributed by atoms with E-state index in [0.29, 0.717) is 28.5 Å². The summed E-state index contributed by atoms with van der Waals surface area (Å²) in [5.41, 5.74) is 2.12. The summed E-state index contributed by atoms with van der Waals surface area (Å²) >= 11 is 5.98. The minimum absolute atomic E-state index is 0.153. The van der Waals surface area contributed by atoms with Crippen molar-refractivity contribution in [1.29, 1.82) is 0 Å². The molecular weight excluding hydrogens is 391 g/mol. The first-order valence-corrected chi connectivity index (χ1v) is 9.88. The van der Waals surface area contributed by atoms with Crippen molar-refractivity contribution in [2.75, 3.05) is 25.0 Å². The molecule has 0 spiro atoms. The number of nitrogens with zero attached hydrogens (tertiary/aromatic N) is 3. The van der Waals surface area contributed by atoms with Crippen LogP contribution in [0.15, 0.2) is 54.6 Å². The Bertz CT molecular complexity index is 1020. The molecule has 0 atom stereocenters. The van der Waals surface area contributed by atoms with Crippen molar-refractivity contribution in [1.82, 2.24) is 14.9 Å². The van der Waals surface area contributed by atoms with Gasteiger partial charge in [0.05, 0.1) is 17.9 Å². The van der Waals surface area contributed by atoms with Gasteiger partial charge in [-0.25, -0.2) is 14.4 Å². The summed E-state index contributed by atoms with van der Waals surface area (Å²) in [6, 6.07) is 15.3. The fourth-order valence-electron chi connectivity index (χ4n) is 3.39. The number of halogens is 2. The van der Waals surface area contributed by atoms with Crippen LogP contribution in [0.2, 0.25) is 5.02 Å². The molecule has 0 bridgehead atoms. The molecule has 0 saturated carbocycles. The van der Waals surface area contributed by atoms with Crippen LogP contribution < -0.4 is 5.32 Å². The molecule has 2 aromatic carbocycles. The molecule has 0 unspecified atom stereocenters. The molecule has 29 heavy (non-hydrogen) atoms. The maximum Gasteiger partial charge on any atom is 0.240 e. The highest BCUT2D eigenvalue weighted by Gasteiger charge is 2.17. The van der Waals surface area contributed by atoms with Crippen molar-refractivity contribution >= 4 is 23.5 Å². The van der Waals surface area contributed by atoms with Gasteiger partial charge in [0.2, 0.25) is 11.9 Å². The van der Waals surface area contributed by atoms with E-state index in [4.69, 9.17) is 11.6 Å². The normalized spacial score (nSPS) is 14.1. The lowest BCUT2D eigenvalue weighted by Gasteiger charge is -2.14. The number of likely N-dealkylation sites (tertiary alicyclic amines) is 1. The summed E-state index contributed by atoms with van der Waals surface area (Å²) in [5, 5.41) is 3.38. The minimum Gasteiger partial charge on any atom is -0.295 e. The Morgan fingerprint density at radius 3 is 2.45 bits per heavy atom. The Morgan fingerprint density at radius 1 is 1.03 bits per heavy atom. The van der Waals surface area contributed by atoms with Gasteiger partial charge in [0, 0.05) is 16.1 Å². The molecule has 1 aliphatic rings. The number of carbonyl (C=O) groups is 1. The van der Waals surface area contributed by atoms with Crippen LogP contribution in [0.3, 0.4) is 0 Å². The Labute approximate surface area is 173 Å². The molecule has 148 valence electrons. The Hall–Kier alpha value is -2.83. The molecule has 7 heteroatoms. The van der Waals surface area contributed by atoms with Crippen LogP contribution in [0.25, 0.3) is 22.5 Å². The molecule has 0 radical (unpaired) electrons. The summed E-state index contributed by atoms with van der Waals surface area (Å²) in [6.45, 7) is 2.13. The third kappa shape index (κ3) is 4.78. The van der Waals surface area contributed by atoms with Gasteiger partial charge in [0.25, 0.3) is 0 Å². The van der Waals surface area contributed by atoms with Crippen LogP contribution in [0, 0.1) is 5.82 Å². The zero-order valence-corrected chi connectivity index (χ0v) is 16.5. The van der Waals surface area contributed by atoms with Gasteiger partial charge in [-0.2, -0.15) is 0 Å². The maximum absolute atomic E-state index is 14.4. The van der Waals surface area contributed by atoms with E-state index in [9.17, 15) is 9.18 Å². The number of carbonyl (C=O) groups excluding carboxylic acids is 1. The van der Waals surface area contributed by atoms with Crippen LogP contribution in [0.1, 0.15) is 12.8 Å². The fraction of sp³-hybridized carbons (Fsp3) is 0.227. The predicted octanol–water partition coefficient (Wildman–Crippen LogP) is 4.64. The lowest BCUT2D eigenvalue weighted by atomic mass is 10.1. The molecule has 1 aliphatic heterocycles. The lowest BCUT2D eigenvalue weighted by molar-refractivity contribution is -0.117. The van der Waals surface area contributed by atoms with E-state index in [0.717, 1.165) is 31.5 Å². The average Bonchev–Trinajstić information content (AvgIpc) is 3.21. The largest absolute Gasteiger partial charge is 0.295 e. The van der Waals surface area contributed by atoms with Crippen LogP contribution in [0.5, 0.6) is 0 Å². The highest BCUT2D eigenvalue weighted by molar-refractivity contribution is 6.30. The molecule has 1 aromatic heterocycles. The standard InChI is InChI=1S/C22H20ClFN4O/c23-16-9-7-15(8-10-16)19-13-20(17-5-1-2-6-18(17)24)26-22(25-19)27-21(29)14-28-11-3-4-12-28/h1-2,5-10,13H,3-4,11-12,14H2,(H,25,26,27,29). The van der Waals surface area contributed by atoms with Gasteiger partial charge < -0.3 is 0 Å². The topological polar surface area (TPSA) is 58.1 Å². The number of nitrogens with one attached hydrogen (secondary N) is 1. The van der Waals surface area contributed by atoms with Crippen molar-refractivity contribution in [3.05, 3.63) is 65.4 Å². The first-order valence-electron chi connectivity index (χ1n) is 9.50. The summed E-state index contributed by atoms with van der Waals surface area (Å²) in [4.78, 5) is 23.4. The van der Waals surface area contributed by atoms with Gasteiger partial charge in [-0.1, -0.05) is 35.9 Å². The Kier molecular flexibility index (Phi) is 5.83. The highest BCUT2D eigenvalue weighted by atomic mass is 35.5. The smallest absolute Gasteiger partial charge is 0.240 e. The quantitative estimate of drug-likeness (QED) is 0.665. The third-order valence-corrected chi connectivity index (χ3v) is 5.09. The van der Waals surface area contributed by atoms with E-state index in [2.05, 4.69) is 20.2 Å². The maximum atomic E-state index is 14.4. The van der Waals surface area contributed by atoms with E-state index in [-0.39, 0.29) is 17.7 Å². The van der Waals surface area contributed by atoms with Crippen molar-refractivity contribution in [3.63, 3.8) is 0 Å². The number of hydrogen-bond acceptors (Lipinski definition) is 4. The molecule has 0 aliphatic carbocycles. The van der Waals surface area contributed by atoms with E-state index in [1.54, 1.807) is 36.4 Å². The van der Waals surface area contributed by atoms with Crippen LogP contribution in [0.4, 0.5) is 10.3 Å². The van der Waals surface area contributed by atoms with Gasteiger partial charge >= 0.3 is 0 Å². The summed E-state index contributed by atoms with van der Waals surface area (Å²) in [6.07, 6.45) is 2.21. The monoisotopic (exact) mass is 410 g/mol. The molecular formula is C22H20ClFN4O. The van der Waals surface area contributed by atoms with E-state index in [1.165, 1.54) is 6.07 Å². The van der Waals surface area contributed by atoms with E-state index in [1.807, 2.05) is 12.1 Å². The fourth-order valence-corrected chi connectivity index (χ4v) is 3.51. The van der Waals surface area contributed by atoms with Gasteiger partial charge in [-0.3, -0.25) is 15.0 Å². The van der Waals surface area contributed by atoms with Crippen LogP contribution in [-0.2, 0) is 4.79 Å². The Balaban J connectivity index is 1.68. The second kappa shape index (κ2) is 8.68. The van der Waals surface area contributed by atoms with Gasteiger partial charge in [-0.15, -0.1) is 0 Å². The second-order valence-corrected chi connectivity index (χ2v) is 7.42. The lowest BCUT2D eigenvalue weighted by Crippen LogP contribution is -2.31. The number of benzene rings is 2. The van der Waals surface area contributed by atoms with Gasteiger partial charge in [0.15, 0.2) is 0 Å². The average molecular weight is 411 g/mol. The zero-order chi connectivity index (χ0) is 20.2. The third-order valence-electron chi connectivity index (χ3n) is 4.83. The molecule has 1 amide bonds. The van der Waals surface area contributed by atoms with Crippen molar-refractivity contribution in [2.24, 2.45) is 0 Å². The van der Waals surface area contributed by atoms with Crippen molar-refractivity contribution in [3.8, 4) is 22.5 Å². The number of rotatable bonds is 5. The molecule has 4 rings (SSSR count). The van der Waals surface area contributed by atoms with Gasteiger partial charge in [0.1, 0.15) is 5.82 Å². The van der Waals surface area contributed by atoms with Gasteiger partial charge in [-0.05, 0) is 56.3 Å². The summed E-state index contributed by atoms with van der Waals surface area (Å²) in [5.74, 6) is -0.415. The molecule has 1 saturated heterocycles. The molecule has 1 N–H and O–H groups in total. The van der Waals surface area contributed by atoms with Crippen molar-refractivity contribution in [2.45, 2.75) is 12.8 Å². The summed E-state index contributed by atoms with van der Waals surface area (Å²) < 4.78 is 14.4. The van der Waals surface area contributed by atoms with E-state index < -0.39 is 0 Å². The summed E-state index contributed by atoms with van der Waals surface area (Å²) in [7, 11) is 0. The SMILES string of the molecule is O=C(CN1CCCC1)Nc1nc(-c2ccc(Cl)cc2)cc(-c2ccccc2F)n1.